The highest BCUT2D eigenvalue weighted by atomic mass is 35.5. The van der Waals surface area contributed by atoms with Gasteiger partial charge in [-0.15, -0.1) is 12.4 Å². The van der Waals surface area contributed by atoms with Crippen molar-refractivity contribution in [2.75, 3.05) is 0 Å². The second-order valence-corrected chi connectivity index (χ2v) is 5.45. The Bertz CT molecular complexity index is 380. The van der Waals surface area contributed by atoms with E-state index in [0.29, 0.717) is 0 Å². The molecule has 2 amide bonds. The van der Waals surface area contributed by atoms with Gasteiger partial charge in [-0.1, -0.05) is 26.2 Å². The fourth-order valence-corrected chi connectivity index (χ4v) is 3.00. The Morgan fingerprint density at radius 2 is 1.79 bits per heavy atom. The Kier molecular flexibility index (Phi) is 5.50. The van der Waals surface area contributed by atoms with Crippen LogP contribution in [0.5, 0.6) is 0 Å². The summed E-state index contributed by atoms with van der Waals surface area (Å²) < 4.78 is 0. The van der Waals surface area contributed by atoms with Gasteiger partial charge >= 0.3 is 0 Å². The van der Waals surface area contributed by atoms with E-state index in [2.05, 4.69) is 5.32 Å². The molecule has 1 aliphatic heterocycles. The molecule has 5 nitrogen and oxygen atoms in total. The normalized spacial score (nSPS) is 29.6. The largest absolute Gasteiger partial charge is 0.321 e. The highest BCUT2D eigenvalue weighted by molar-refractivity contribution is 6.16. The van der Waals surface area contributed by atoms with E-state index in [1.807, 2.05) is 0 Å². The standard InChI is InChI=1S/C13H20N2O3.ClH/c1-7-9(13(18)15-12(7)17)11(16)10(14)8-5-3-2-4-6-8;/h7-10H,2-6,14H2,1H3,(H,15,17,18);1H/t7-,9+,10-;/m0./s1. The Morgan fingerprint density at radius 3 is 2.26 bits per heavy atom. The van der Waals surface area contributed by atoms with Gasteiger partial charge in [0.15, 0.2) is 5.78 Å². The van der Waals surface area contributed by atoms with Crippen LogP contribution in [0.1, 0.15) is 39.0 Å². The van der Waals surface area contributed by atoms with E-state index < -0.39 is 23.8 Å². The van der Waals surface area contributed by atoms with Crippen LogP contribution in [0.15, 0.2) is 0 Å². The Balaban J connectivity index is 0.00000180. The summed E-state index contributed by atoms with van der Waals surface area (Å²) >= 11 is 0. The van der Waals surface area contributed by atoms with Crippen LogP contribution < -0.4 is 11.1 Å². The van der Waals surface area contributed by atoms with Crippen molar-refractivity contribution >= 4 is 30.0 Å². The number of rotatable bonds is 3. The third kappa shape index (κ3) is 3.15. The van der Waals surface area contributed by atoms with Crippen LogP contribution in [0.25, 0.3) is 0 Å². The number of hydrogen-bond acceptors (Lipinski definition) is 4. The number of Topliss-reactive ketones (excluding diaryl/α,β-unsaturated/α-hetero) is 1. The zero-order chi connectivity index (χ0) is 13.3. The fourth-order valence-electron chi connectivity index (χ4n) is 3.00. The highest BCUT2D eigenvalue weighted by Gasteiger charge is 2.45. The number of amides is 2. The maximum absolute atomic E-state index is 12.3. The maximum Gasteiger partial charge on any atom is 0.238 e. The van der Waals surface area contributed by atoms with Gasteiger partial charge in [-0.3, -0.25) is 19.7 Å². The smallest absolute Gasteiger partial charge is 0.238 e. The highest BCUT2D eigenvalue weighted by Crippen LogP contribution is 2.29. The second-order valence-electron chi connectivity index (χ2n) is 5.45. The molecule has 0 aromatic rings. The Morgan fingerprint density at radius 1 is 1.21 bits per heavy atom. The van der Waals surface area contributed by atoms with Crippen LogP contribution in [0, 0.1) is 17.8 Å². The van der Waals surface area contributed by atoms with E-state index >= 15 is 0 Å². The Hall–Kier alpha value is -0.940. The quantitative estimate of drug-likeness (QED) is 0.594. The van der Waals surface area contributed by atoms with Gasteiger partial charge in [-0.25, -0.2) is 0 Å². The van der Waals surface area contributed by atoms with Crippen molar-refractivity contribution < 1.29 is 14.4 Å². The van der Waals surface area contributed by atoms with E-state index in [0.717, 1.165) is 25.7 Å². The number of imide groups is 1. The summed E-state index contributed by atoms with van der Waals surface area (Å²) in [7, 11) is 0. The molecule has 1 aliphatic carbocycles. The van der Waals surface area contributed by atoms with Crippen LogP contribution >= 0.6 is 12.4 Å². The number of ketones is 1. The summed E-state index contributed by atoms with van der Waals surface area (Å²) in [5.41, 5.74) is 6.00. The minimum absolute atomic E-state index is 0. The number of hydrogen-bond donors (Lipinski definition) is 2. The minimum atomic E-state index is -0.880. The molecule has 0 aromatic heterocycles. The van der Waals surface area contributed by atoms with Crippen LogP contribution in [0.3, 0.4) is 0 Å². The van der Waals surface area contributed by atoms with Crippen LogP contribution in [-0.4, -0.2) is 23.6 Å². The van der Waals surface area contributed by atoms with Gasteiger partial charge in [-0.05, 0) is 18.8 Å². The lowest BCUT2D eigenvalue weighted by atomic mass is 9.78. The topological polar surface area (TPSA) is 89.3 Å². The Labute approximate surface area is 119 Å². The molecular formula is C13H21ClN2O3. The molecule has 0 unspecified atom stereocenters. The number of nitrogens with one attached hydrogen (secondary N) is 1. The first-order chi connectivity index (χ1) is 8.52. The average Bonchev–Trinajstić information content (AvgIpc) is 2.63. The molecule has 0 spiro atoms. The molecule has 1 saturated carbocycles. The number of carbonyl (C=O) groups excluding carboxylic acids is 3. The molecular weight excluding hydrogens is 268 g/mol. The maximum atomic E-state index is 12.3. The van der Waals surface area contributed by atoms with Gasteiger partial charge in [0.25, 0.3) is 0 Å². The van der Waals surface area contributed by atoms with Crippen molar-refractivity contribution in [2.24, 2.45) is 23.5 Å². The predicted octanol–water partition coefficient (Wildman–Crippen LogP) is 0.794. The summed E-state index contributed by atoms with van der Waals surface area (Å²) in [6.45, 7) is 1.61. The van der Waals surface area contributed by atoms with E-state index in [1.165, 1.54) is 6.42 Å². The minimum Gasteiger partial charge on any atom is -0.321 e. The van der Waals surface area contributed by atoms with Gasteiger partial charge in [0, 0.05) is 0 Å². The molecule has 3 N–H and O–H groups in total. The summed E-state index contributed by atoms with van der Waals surface area (Å²) in [5, 5.41) is 2.20. The summed E-state index contributed by atoms with van der Waals surface area (Å²) in [4.78, 5) is 35.3. The molecule has 19 heavy (non-hydrogen) atoms. The van der Waals surface area contributed by atoms with Crippen molar-refractivity contribution in [1.29, 1.82) is 0 Å². The molecule has 0 radical (unpaired) electrons. The molecule has 0 aromatic carbocycles. The van der Waals surface area contributed by atoms with E-state index in [1.54, 1.807) is 6.92 Å². The SMILES string of the molecule is C[C@@H]1C(=O)NC(=O)[C@H]1C(=O)[C@@H](N)C1CCCCC1.Cl. The molecule has 6 heteroatoms. The van der Waals surface area contributed by atoms with Crippen molar-refractivity contribution in [1.82, 2.24) is 5.32 Å². The van der Waals surface area contributed by atoms with Crippen molar-refractivity contribution in [3.8, 4) is 0 Å². The predicted molar refractivity (Wildman–Crippen MR) is 72.6 cm³/mol. The average molecular weight is 289 g/mol. The third-order valence-corrected chi connectivity index (χ3v) is 4.24. The van der Waals surface area contributed by atoms with Gasteiger partial charge < -0.3 is 5.73 Å². The zero-order valence-corrected chi connectivity index (χ0v) is 11.9. The number of carbonyl (C=O) groups is 3. The first-order valence-electron chi connectivity index (χ1n) is 6.66. The number of nitrogens with two attached hydrogens (primary N) is 1. The summed E-state index contributed by atoms with van der Waals surface area (Å²) in [6.07, 6.45) is 5.28. The molecule has 3 atom stereocenters. The molecule has 2 fully saturated rings. The van der Waals surface area contributed by atoms with Crippen molar-refractivity contribution in [3.05, 3.63) is 0 Å². The molecule has 2 rings (SSSR count). The lowest BCUT2D eigenvalue weighted by Crippen LogP contribution is -2.45. The van der Waals surface area contributed by atoms with Crippen LogP contribution in [-0.2, 0) is 14.4 Å². The second kappa shape index (κ2) is 6.48. The first-order valence-corrected chi connectivity index (χ1v) is 6.66. The van der Waals surface area contributed by atoms with Gasteiger partial charge in [0.1, 0.15) is 5.92 Å². The third-order valence-electron chi connectivity index (χ3n) is 4.24. The molecule has 1 saturated heterocycles. The van der Waals surface area contributed by atoms with E-state index in [9.17, 15) is 14.4 Å². The summed E-state index contributed by atoms with van der Waals surface area (Å²) in [6, 6.07) is -0.602. The van der Waals surface area contributed by atoms with Crippen LogP contribution in [0.2, 0.25) is 0 Å². The van der Waals surface area contributed by atoms with Crippen molar-refractivity contribution in [3.63, 3.8) is 0 Å². The molecule has 0 bridgehead atoms. The van der Waals surface area contributed by atoms with Crippen molar-refractivity contribution in [2.45, 2.75) is 45.1 Å². The van der Waals surface area contributed by atoms with Gasteiger partial charge in [-0.2, -0.15) is 0 Å². The lowest BCUT2D eigenvalue weighted by molar-refractivity contribution is -0.134. The monoisotopic (exact) mass is 288 g/mol. The van der Waals surface area contributed by atoms with E-state index in [4.69, 9.17) is 5.73 Å². The first kappa shape index (κ1) is 16.1. The number of halogens is 1. The fraction of sp³-hybridized carbons (Fsp3) is 0.769. The lowest BCUT2D eigenvalue weighted by Gasteiger charge is -2.28. The van der Waals surface area contributed by atoms with E-state index in [-0.39, 0.29) is 30.0 Å². The van der Waals surface area contributed by atoms with Crippen LogP contribution in [0.4, 0.5) is 0 Å². The summed E-state index contributed by atoms with van der Waals surface area (Å²) in [5.74, 6) is -2.41. The van der Waals surface area contributed by atoms with Gasteiger partial charge in [0.2, 0.25) is 11.8 Å². The molecule has 108 valence electrons. The zero-order valence-electron chi connectivity index (χ0n) is 11.1. The molecule has 1 heterocycles. The molecule has 2 aliphatic rings. The van der Waals surface area contributed by atoms with Gasteiger partial charge in [0.05, 0.1) is 12.0 Å².